The van der Waals surface area contributed by atoms with Crippen LogP contribution in [0.4, 0.5) is 0 Å². The predicted octanol–water partition coefficient (Wildman–Crippen LogP) is 3.94. The minimum Gasteiger partial charge on any atom is -0.356 e. The predicted molar refractivity (Wildman–Crippen MR) is 103 cm³/mol. The molecule has 3 rings (SSSR count). The Balaban J connectivity index is 1.40. The van der Waals surface area contributed by atoms with Gasteiger partial charge in [0.25, 0.3) is 0 Å². The second kappa shape index (κ2) is 9.11. The normalized spacial score (nSPS) is 16.5. The summed E-state index contributed by atoms with van der Waals surface area (Å²) in [5.41, 5.74) is 8.35. The third-order valence-corrected chi connectivity index (χ3v) is 5.81. The maximum Gasteiger partial charge on any atom is 0.221 e. The van der Waals surface area contributed by atoms with Crippen molar-refractivity contribution in [1.82, 2.24) is 10.3 Å². The topological polar surface area (TPSA) is 68.0 Å². The fraction of sp³-hybridized carbons (Fsp3) is 0.500. The Kier molecular flexibility index (Phi) is 6.59. The summed E-state index contributed by atoms with van der Waals surface area (Å²) in [5.74, 6) is 0.651. The monoisotopic (exact) mass is 357 g/mol. The van der Waals surface area contributed by atoms with E-state index < -0.39 is 0 Å². The lowest BCUT2D eigenvalue weighted by Crippen LogP contribution is -2.29. The summed E-state index contributed by atoms with van der Waals surface area (Å²) in [7, 11) is 0. The molecule has 1 fully saturated rings. The first-order chi connectivity index (χ1) is 12.2. The van der Waals surface area contributed by atoms with Gasteiger partial charge in [0.05, 0.1) is 10.7 Å². The molecule has 134 valence electrons. The highest BCUT2D eigenvalue weighted by Crippen LogP contribution is 2.33. The number of benzene rings is 1. The summed E-state index contributed by atoms with van der Waals surface area (Å²) in [6.07, 6.45) is 7.68. The summed E-state index contributed by atoms with van der Waals surface area (Å²) < 4.78 is 0. The van der Waals surface area contributed by atoms with Crippen molar-refractivity contribution in [2.45, 2.75) is 56.9 Å². The van der Waals surface area contributed by atoms with Gasteiger partial charge in [-0.05, 0) is 18.4 Å². The third-order valence-electron chi connectivity index (χ3n) is 4.89. The standard InChI is InChI=1S/C20H27N3OS/c21-17(15-7-3-1-4-8-15)13-19(24)22-12-11-20-23-18(14-25-20)16-9-5-2-6-10-16/h1,3-4,7-8,14,16-17H,2,5-6,9-13,21H2,(H,22,24). The number of rotatable bonds is 7. The van der Waals surface area contributed by atoms with Gasteiger partial charge < -0.3 is 11.1 Å². The minimum absolute atomic E-state index is 0.000383. The molecular formula is C20H27N3OS. The molecule has 1 unspecified atom stereocenters. The van der Waals surface area contributed by atoms with Crippen LogP contribution in [-0.4, -0.2) is 17.4 Å². The molecule has 0 radical (unpaired) electrons. The Morgan fingerprint density at radius 1 is 1.24 bits per heavy atom. The van der Waals surface area contributed by atoms with Crippen molar-refractivity contribution in [1.29, 1.82) is 0 Å². The fourth-order valence-electron chi connectivity index (χ4n) is 3.42. The first-order valence-electron chi connectivity index (χ1n) is 9.24. The molecule has 1 amide bonds. The van der Waals surface area contributed by atoms with Gasteiger partial charge in [0.1, 0.15) is 0 Å². The van der Waals surface area contributed by atoms with Crippen molar-refractivity contribution in [2.75, 3.05) is 6.54 Å². The third kappa shape index (κ3) is 5.38. The maximum absolute atomic E-state index is 12.1. The first kappa shape index (κ1) is 18.1. The summed E-state index contributed by atoms with van der Waals surface area (Å²) in [6, 6.07) is 9.50. The van der Waals surface area contributed by atoms with Crippen molar-refractivity contribution < 1.29 is 4.79 Å². The van der Waals surface area contributed by atoms with Gasteiger partial charge in [-0.3, -0.25) is 4.79 Å². The molecule has 0 saturated heterocycles. The second-order valence-corrected chi connectivity index (χ2v) is 7.76. The van der Waals surface area contributed by atoms with Gasteiger partial charge in [-0.2, -0.15) is 0 Å². The Morgan fingerprint density at radius 2 is 2.00 bits per heavy atom. The molecule has 1 heterocycles. The number of nitrogens with zero attached hydrogens (tertiary/aromatic N) is 1. The van der Waals surface area contributed by atoms with Crippen LogP contribution in [0.5, 0.6) is 0 Å². The van der Waals surface area contributed by atoms with E-state index in [1.165, 1.54) is 37.8 Å². The van der Waals surface area contributed by atoms with Crippen LogP contribution >= 0.6 is 11.3 Å². The maximum atomic E-state index is 12.1. The van der Waals surface area contributed by atoms with Crippen molar-refractivity contribution in [3.63, 3.8) is 0 Å². The number of aromatic nitrogens is 1. The zero-order chi connectivity index (χ0) is 17.5. The van der Waals surface area contributed by atoms with Crippen molar-refractivity contribution in [3.8, 4) is 0 Å². The van der Waals surface area contributed by atoms with Gasteiger partial charge in [0, 0.05) is 36.7 Å². The highest BCUT2D eigenvalue weighted by atomic mass is 32.1. The Morgan fingerprint density at radius 3 is 2.76 bits per heavy atom. The number of nitrogens with two attached hydrogens (primary N) is 1. The smallest absolute Gasteiger partial charge is 0.221 e. The summed E-state index contributed by atoms with van der Waals surface area (Å²) in [4.78, 5) is 16.8. The Labute approximate surface area is 153 Å². The number of carbonyl (C=O) groups excluding carboxylic acids is 1. The second-order valence-electron chi connectivity index (χ2n) is 6.82. The van der Waals surface area contributed by atoms with Crippen LogP contribution < -0.4 is 11.1 Å². The van der Waals surface area contributed by atoms with Crippen LogP contribution in [0.3, 0.4) is 0 Å². The molecule has 5 heteroatoms. The van der Waals surface area contributed by atoms with Crippen LogP contribution in [0.15, 0.2) is 35.7 Å². The Hall–Kier alpha value is -1.72. The molecule has 1 aliphatic rings. The highest BCUT2D eigenvalue weighted by molar-refractivity contribution is 7.09. The number of hydrogen-bond acceptors (Lipinski definition) is 4. The molecule has 4 nitrogen and oxygen atoms in total. The van der Waals surface area contributed by atoms with E-state index in [0.29, 0.717) is 18.9 Å². The first-order valence-corrected chi connectivity index (χ1v) is 10.1. The average molecular weight is 358 g/mol. The molecule has 3 N–H and O–H groups in total. The lowest BCUT2D eigenvalue weighted by Gasteiger charge is -2.19. The van der Waals surface area contributed by atoms with Gasteiger partial charge in [-0.25, -0.2) is 4.98 Å². The number of thiazole rings is 1. The van der Waals surface area contributed by atoms with E-state index in [0.717, 1.165) is 17.0 Å². The molecule has 1 atom stereocenters. The molecule has 0 spiro atoms. The molecule has 25 heavy (non-hydrogen) atoms. The van der Waals surface area contributed by atoms with E-state index in [1.807, 2.05) is 30.3 Å². The van der Waals surface area contributed by atoms with E-state index in [2.05, 4.69) is 10.7 Å². The van der Waals surface area contributed by atoms with E-state index in [-0.39, 0.29) is 11.9 Å². The van der Waals surface area contributed by atoms with E-state index in [1.54, 1.807) is 11.3 Å². The molecule has 1 aliphatic carbocycles. The van der Waals surface area contributed by atoms with E-state index in [4.69, 9.17) is 10.7 Å². The number of carbonyl (C=O) groups is 1. The molecular weight excluding hydrogens is 330 g/mol. The van der Waals surface area contributed by atoms with E-state index >= 15 is 0 Å². The lowest BCUT2D eigenvalue weighted by molar-refractivity contribution is -0.121. The molecule has 2 aromatic rings. The minimum atomic E-state index is -0.251. The largest absolute Gasteiger partial charge is 0.356 e. The molecule has 1 saturated carbocycles. The highest BCUT2D eigenvalue weighted by Gasteiger charge is 2.18. The zero-order valence-corrected chi connectivity index (χ0v) is 15.4. The summed E-state index contributed by atoms with van der Waals surface area (Å²) in [6.45, 7) is 0.623. The van der Waals surface area contributed by atoms with Crippen LogP contribution in [-0.2, 0) is 11.2 Å². The number of nitrogens with one attached hydrogen (secondary N) is 1. The van der Waals surface area contributed by atoms with Crippen molar-refractivity contribution in [2.24, 2.45) is 5.73 Å². The van der Waals surface area contributed by atoms with Crippen LogP contribution in [0, 0.1) is 0 Å². The van der Waals surface area contributed by atoms with Gasteiger partial charge in [-0.15, -0.1) is 11.3 Å². The van der Waals surface area contributed by atoms with Gasteiger partial charge in [0.2, 0.25) is 5.91 Å². The SMILES string of the molecule is NC(CC(=O)NCCc1nc(C2CCCCC2)cs1)c1ccccc1. The molecule has 1 aromatic carbocycles. The molecule has 0 bridgehead atoms. The summed E-state index contributed by atoms with van der Waals surface area (Å²) in [5, 5.41) is 6.29. The fourth-order valence-corrected chi connectivity index (χ4v) is 4.30. The van der Waals surface area contributed by atoms with Crippen LogP contribution in [0.25, 0.3) is 0 Å². The van der Waals surface area contributed by atoms with Crippen LogP contribution in [0.2, 0.25) is 0 Å². The van der Waals surface area contributed by atoms with E-state index in [9.17, 15) is 4.79 Å². The van der Waals surface area contributed by atoms with Crippen LogP contribution in [0.1, 0.15) is 66.7 Å². The number of amides is 1. The molecule has 1 aromatic heterocycles. The average Bonchev–Trinajstić information content (AvgIpc) is 3.12. The lowest BCUT2D eigenvalue weighted by atomic mass is 9.87. The number of hydrogen-bond donors (Lipinski definition) is 2. The molecule has 0 aliphatic heterocycles. The summed E-state index contributed by atoms with van der Waals surface area (Å²) >= 11 is 1.72. The van der Waals surface area contributed by atoms with Gasteiger partial charge >= 0.3 is 0 Å². The quantitative estimate of drug-likeness (QED) is 0.788. The zero-order valence-electron chi connectivity index (χ0n) is 14.6. The van der Waals surface area contributed by atoms with Crippen molar-refractivity contribution in [3.05, 3.63) is 52.0 Å². The van der Waals surface area contributed by atoms with Gasteiger partial charge in [-0.1, -0.05) is 49.6 Å². The van der Waals surface area contributed by atoms with Crippen molar-refractivity contribution >= 4 is 17.2 Å². The van der Waals surface area contributed by atoms with Gasteiger partial charge in [0.15, 0.2) is 0 Å². The Bertz CT molecular complexity index is 665.